The fourth-order valence-electron chi connectivity index (χ4n) is 4.13. The van der Waals surface area contributed by atoms with Crippen LogP contribution in [0.3, 0.4) is 0 Å². The molecule has 2 N–H and O–H groups in total. The highest BCUT2D eigenvalue weighted by atomic mass is 32.2. The van der Waals surface area contributed by atoms with Crippen molar-refractivity contribution in [2.75, 3.05) is 31.9 Å². The zero-order chi connectivity index (χ0) is 21.9. The summed E-state index contributed by atoms with van der Waals surface area (Å²) in [5.74, 6) is 0.493. The van der Waals surface area contributed by atoms with E-state index in [0.717, 1.165) is 29.9 Å². The fraction of sp³-hybridized carbons (Fsp3) is 0.304. The summed E-state index contributed by atoms with van der Waals surface area (Å²) in [6.45, 7) is 5.07. The Morgan fingerprint density at radius 2 is 1.88 bits per heavy atom. The molecule has 8 nitrogen and oxygen atoms in total. The molecular formula is C23H25N7OS. The maximum atomic E-state index is 12.6. The van der Waals surface area contributed by atoms with Crippen molar-refractivity contribution >= 4 is 23.4 Å². The van der Waals surface area contributed by atoms with Gasteiger partial charge in [-0.25, -0.2) is 4.98 Å². The Morgan fingerprint density at radius 1 is 1.09 bits per heavy atom. The van der Waals surface area contributed by atoms with Crippen LogP contribution in [0.4, 0.5) is 0 Å². The van der Waals surface area contributed by atoms with E-state index in [9.17, 15) is 4.79 Å². The Bertz CT molecular complexity index is 1110. The normalized spacial score (nSPS) is 18.6. The van der Waals surface area contributed by atoms with Crippen molar-refractivity contribution in [1.29, 1.82) is 0 Å². The zero-order valence-corrected chi connectivity index (χ0v) is 18.7. The van der Waals surface area contributed by atoms with Crippen LogP contribution in [-0.4, -0.2) is 68.5 Å². The zero-order valence-electron chi connectivity index (χ0n) is 17.9. The molecule has 1 unspecified atom stereocenters. The number of aromatic nitrogens is 3. The van der Waals surface area contributed by atoms with Crippen LogP contribution in [0.15, 0.2) is 65.1 Å². The van der Waals surface area contributed by atoms with Crippen molar-refractivity contribution in [3.8, 4) is 0 Å². The van der Waals surface area contributed by atoms with E-state index in [-0.39, 0.29) is 12.1 Å². The first kappa shape index (κ1) is 20.7. The van der Waals surface area contributed by atoms with E-state index in [4.69, 9.17) is 5.10 Å². The molecular weight excluding hydrogens is 422 g/mol. The van der Waals surface area contributed by atoms with Gasteiger partial charge in [0.1, 0.15) is 12.5 Å². The van der Waals surface area contributed by atoms with Crippen molar-refractivity contribution in [3.63, 3.8) is 0 Å². The van der Waals surface area contributed by atoms with Gasteiger partial charge in [-0.1, -0.05) is 65.9 Å². The second-order valence-electron chi connectivity index (χ2n) is 7.94. The number of H-pyrrole nitrogens is 1. The van der Waals surface area contributed by atoms with Crippen LogP contribution in [-0.2, 0) is 4.79 Å². The lowest BCUT2D eigenvalue weighted by Crippen LogP contribution is -2.52. The van der Waals surface area contributed by atoms with Gasteiger partial charge in [0.05, 0.1) is 11.5 Å². The van der Waals surface area contributed by atoms with Gasteiger partial charge in [-0.2, -0.15) is 10.2 Å². The Hall–Kier alpha value is -3.17. The number of carbonyl (C=O) groups excluding carboxylic acids is 1. The van der Waals surface area contributed by atoms with Gasteiger partial charge in [0.2, 0.25) is 5.91 Å². The first-order chi connectivity index (χ1) is 15.7. The molecule has 2 aliphatic rings. The number of thioether (sulfide) groups is 1. The van der Waals surface area contributed by atoms with Gasteiger partial charge < -0.3 is 4.90 Å². The third-order valence-corrected chi connectivity index (χ3v) is 6.75. The van der Waals surface area contributed by atoms with E-state index in [1.54, 1.807) is 0 Å². The molecule has 9 heteroatoms. The van der Waals surface area contributed by atoms with Gasteiger partial charge in [0.15, 0.2) is 5.16 Å². The molecule has 3 aromatic rings. The number of hydrogen-bond acceptors (Lipinski definition) is 7. The van der Waals surface area contributed by atoms with Crippen LogP contribution in [0, 0.1) is 6.92 Å². The van der Waals surface area contributed by atoms with Crippen LogP contribution < -0.4 is 5.43 Å². The number of aromatic amines is 1. The van der Waals surface area contributed by atoms with Crippen LogP contribution in [0.1, 0.15) is 28.4 Å². The molecule has 0 saturated carbocycles. The highest BCUT2D eigenvalue weighted by molar-refractivity contribution is 7.99. The Balaban J connectivity index is 1.25. The topological polar surface area (TPSA) is 89.5 Å². The van der Waals surface area contributed by atoms with Gasteiger partial charge in [-0.05, 0) is 12.5 Å². The summed E-state index contributed by atoms with van der Waals surface area (Å²) in [5, 5.41) is 12.0. The number of fused-ring (bicyclic) bond motifs is 1. The number of rotatable bonds is 5. The lowest BCUT2D eigenvalue weighted by atomic mass is 9.94. The molecule has 2 aromatic carbocycles. The lowest BCUT2D eigenvalue weighted by molar-refractivity contribution is -0.130. The quantitative estimate of drug-likeness (QED) is 0.584. The summed E-state index contributed by atoms with van der Waals surface area (Å²) >= 11 is 1.38. The standard InChI is InChI=1S/C23H25N7OS/c1-16-6-8-17(9-7-16)21-18-4-2-3-5-19(18)22(27-26-21)30-12-10-29(11-13-30)20(31)14-32-23-24-15-25-28-23/h2-9,15,22,27H,10-14H2,1H3,(H,24,25,28). The summed E-state index contributed by atoms with van der Waals surface area (Å²) in [4.78, 5) is 20.9. The summed E-state index contributed by atoms with van der Waals surface area (Å²) in [5.41, 5.74) is 9.06. The van der Waals surface area contributed by atoms with E-state index in [2.05, 4.69) is 81.0 Å². The molecule has 3 heterocycles. The summed E-state index contributed by atoms with van der Waals surface area (Å²) in [7, 11) is 0. The second kappa shape index (κ2) is 9.13. The minimum Gasteiger partial charge on any atom is -0.339 e. The molecule has 164 valence electrons. The largest absolute Gasteiger partial charge is 0.339 e. The summed E-state index contributed by atoms with van der Waals surface area (Å²) in [6.07, 6.45) is 1.45. The molecule has 32 heavy (non-hydrogen) atoms. The molecule has 0 bridgehead atoms. The van der Waals surface area contributed by atoms with Crippen LogP contribution >= 0.6 is 11.8 Å². The average Bonchev–Trinajstić information content (AvgIpc) is 3.36. The Morgan fingerprint density at radius 3 is 2.62 bits per heavy atom. The second-order valence-corrected chi connectivity index (χ2v) is 8.91. The first-order valence-electron chi connectivity index (χ1n) is 10.7. The maximum Gasteiger partial charge on any atom is 0.233 e. The molecule has 0 aliphatic carbocycles. The number of hydrazone groups is 1. The summed E-state index contributed by atoms with van der Waals surface area (Å²) in [6, 6.07) is 16.9. The molecule has 0 radical (unpaired) electrons. The highest BCUT2D eigenvalue weighted by Crippen LogP contribution is 2.29. The van der Waals surface area contributed by atoms with E-state index in [0.29, 0.717) is 24.0 Å². The minimum absolute atomic E-state index is 0.00113. The van der Waals surface area contributed by atoms with Gasteiger partial charge in [-0.3, -0.25) is 20.2 Å². The van der Waals surface area contributed by atoms with Crippen LogP contribution in [0.2, 0.25) is 0 Å². The van der Waals surface area contributed by atoms with Crippen molar-refractivity contribution in [2.45, 2.75) is 18.2 Å². The molecule has 1 atom stereocenters. The first-order valence-corrected chi connectivity index (χ1v) is 11.7. The van der Waals surface area contributed by atoms with E-state index in [1.807, 2.05) is 4.90 Å². The number of hydrogen-bond donors (Lipinski definition) is 2. The van der Waals surface area contributed by atoms with Crippen molar-refractivity contribution in [2.24, 2.45) is 5.10 Å². The molecule has 1 saturated heterocycles. The number of nitrogens with one attached hydrogen (secondary N) is 2. The van der Waals surface area contributed by atoms with Crippen LogP contribution in [0.25, 0.3) is 0 Å². The van der Waals surface area contributed by atoms with E-state index >= 15 is 0 Å². The predicted octanol–water partition coefficient (Wildman–Crippen LogP) is 2.40. The molecule has 1 amide bonds. The molecule has 5 rings (SSSR count). The number of piperazine rings is 1. The molecule has 1 aromatic heterocycles. The number of benzene rings is 2. The number of nitrogens with zero attached hydrogens (tertiary/aromatic N) is 5. The number of amides is 1. The number of carbonyl (C=O) groups is 1. The van der Waals surface area contributed by atoms with Gasteiger partial charge in [-0.15, -0.1) is 0 Å². The van der Waals surface area contributed by atoms with Gasteiger partial charge in [0, 0.05) is 37.3 Å². The Labute approximate surface area is 191 Å². The predicted molar refractivity (Wildman–Crippen MR) is 124 cm³/mol. The van der Waals surface area contributed by atoms with Crippen molar-refractivity contribution in [3.05, 3.63) is 77.1 Å². The third-order valence-electron chi connectivity index (χ3n) is 5.89. The maximum absolute atomic E-state index is 12.6. The molecule has 2 aliphatic heterocycles. The van der Waals surface area contributed by atoms with Crippen molar-refractivity contribution in [1.82, 2.24) is 30.4 Å². The smallest absolute Gasteiger partial charge is 0.233 e. The van der Waals surface area contributed by atoms with E-state index in [1.165, 1.54) is 29.2 Å². The highest BCUT2D eigenvalue weighted by Gasteiger charge is 2.31. The SMILES string of the molecule is Cc1ccc(C2=NNC(N3CCN(C(=O)CSc4ncn[nH]4)CC3)c3ccccc32)cc1. The van der Waals surface area contributed by atoms with Crippen LogP contribution in [0.5, 0.6) is 0 Å². The summed E-state index contributed by atoms with van der Waals surface area (Å²) < 4.78 is 0. The third kappa shape index (κ3) is 4.26. The molecule has 1 fully saturated rings. The minimum atomic E-state index is 0.00113. The fourth-order valence-corrected chi connectivity index (χ4v) is 4.81. The van der Waals surface area contributed by atoms with E-state index < -0.39 is 0 Å². The Kier molecular flexibility index (Phi) is 5.91. The molecule has 0 spiro atoms. The van der Waals surface area contributed by atoms with Crippen molar-refractivity contribution < 1.29 is 4.79 Å². The van der Waals surface area contributed by atoms with Gasteiger partial charge >= 0.3 is 0 Å². The lowest BCUT2D eigenvalue weighted by Gasteiger charge is -2.41. The monoisotopic (exact) mass is 447 g/mol. The average molecular weight is 448 g/mol. The van der Waals surface area contributed by atoms with Gasteiger partial charge in [0.25, 0.3) is 0 Å². The number of aryl methyl sites for hydroxylation is 1.